The first-order valence-electron chi connectivity index (χ1n) is 24.8. The van der Waals surface area contributed by atoms with Gasteiger partial charge in [0.2, 0.25) is 0 Å². The Balaban J connectivity index is 0.00000596. The van der Waals surface area contributed by atoms with Crippen molar-refractivity contribution in [1.82, 2.24) is 14.1 Å². The van der Waals surface area contributed by atoms with Gasteiger partial charge in [-0.25, -0.2) is 4.98 Å². The predicted molar refractivity (Wildman–Crippen MR) is 292 cm³/mol. The van der Waals surface area contributed by atoms with Crippen LogP contribution in [0.1, 0.15) is 72.1 Å². The zero-order chi connectivity index (χ0) is 49.0. The van der Waals surface area contributed by atoms with Gasteiger partial charge in [-0.2, -0.15) is 18.2 Å². The van der Waals surface area contributed by atoms with Crippen LogP contribution in [0.15, 0.2) is 188 Å². The summed E-state index contributed by atoms with van der Waals surface area (Å²) in [4.78, 5) is 4.88. The second-order valence-electron chi connectivity index (χ2n) is 21.3. The predicted octanol–water partition coefficient (Wildman–Crippen LogP) is 16.4. The number of rotatable bonds is 10. The van der Waals surface area contributed by atoms with E-state index in [9.17, 15) is 0 Å². The molecule has 0 amide bonds. The van der Waals surface area contributed by atoms with E-state index in [1.165, 1.54) is 22.3 Å². The summed E-state index contributed by atoms with van der Waals surface area (Å²) in [5.74, 6) is 2.55. The van der Waals surface area contributed by atoms with Gasteiger partial charge in [-0.15, -0.1) is 29.7 Å². The van der Waals surface area contributed by atoms with Crippen molar-refractivity contribution < 1.29 is 30.4 Å². The van der Waals surface area contributed by atoms with Crippen molar-refractivity contribution in [2.45, 2.75) is 72.6 Å². The second kappa shape index (κ2) is 19.4. The zero-order valence-corrected chi connectivity index (χ0v) is 44.5. The average Bonchev–Trinajstić information content (AvgIpc) is 3.91. The number of imidazole rings is 1. The summed E-state index contributed by atoms with van der Waals surface area (Å²) in [6.45, 7) is 18.3. The SMILES string of the molecule is CC(C)Cc1ccnc(-n2c3[c-]c(Oc4[c-]c(-n5[c-][n+](-c6c(-c7ccccc7)cccc6-c6cc(C(C)(C)C)cc(C(C)(C)C)c6)c6ccc(-c7ccccc7)cc65)ccc4)ccc3c3ccccc32)c1.[Pt]. The van der Waals surface area contributed by atoms with Crippen LogP contribution in [-0.4, -0.2) is 14.1 Å². The van der Waals surface area contributed by atoms with E-state index in [0.29, 0.717) is 17.4 Å². The summed E-state index contributed by atoms with van der Waals surface area (Å²) >= 11 is 0. The van der Waals surface area contributed by atoms with Crippen molar-refractivity contribution >= 4 is 32.8 Å². The number of fused-ring (bicyclic) bond motifs is 4. The number of hydrogen-bond acceptors (Lipinski definition) is 2. The Morgan fingerprint density at radius 3 is 1.92 bits per heavy atom. The van der Waals surface area contributed by atoms with Gasteiger partial charge in [0.05, 0.1) is 16.7 Å². The molecule has 0 N–H and O–H groups in total. The van der Waals surface area contributed by atoms with Gasteiger partial charge < -0.3 is 13.9 Å². The first kappa shape index (κ1) is 48.3. The van der Waals surface area contributed by atoms with Crippen molar-refractivity contribution in [2.75, 3.05) is 0 Å². The minimum Gasteiger partial charge on any atom is -0.510 e. The Hall–Kier alpha value is -7.33. The molecule has 8 aromatic carbocycles. The van der Waals surface area contributed by atoms with Crippen LogP contribution in [0.5, 0.6) is 11.5 Å². The summed E-state index contributed by atoms with van der Waals surface area (Å²) < 4.78 is 13.4. The molecule has 0 radical (unpaired) electrons. The number of nitrogens with zero attached hydrogens (tertiary/aromatic N) is 4. The van der Waals surface area contributed by atoms with E-state index in [2.05, 4.69) is 251 Å². The standard InChI is InChI=1S/C66H58N4O.Pt/c1-44(2)35-45-33-34-67-63(36-45)70-59-28-16-15-25-57(59)58-31-30-54(42-61(58)70)71-53-24-17-23-52(41-53)68-43-69(60-32-29-48(39-62(60)68)46-19-11-9-12-20-46)64-55(47-21-13-10-14-22-47)26-18-27-56(64)49-37-50(65(3,4)5)40-51(38-49)66(6,7)8;/h9-34,36-40,44H,35H2,1-8H3;/q-2;. The van der Waals surface area contributed by atoms with Gasteiger partial charge in [0.1, 0.15) is 5.82 Å². The zero-order valence-electron chi connectivity index (χ0n) is 42.2. The number of hydrogen-bond donors (Lipinski definition) is 0. The fourth-order valence-corrected chi connectivity index (χ4v) is 9.88. The average molecular weight is 1120 g/mol. The van der Waals surface area contributed by atoms with E-state index in [4.69, 9.17) is 9.72 Å². The largest absolute Gasteiger partial charge is 0.510 e. The Labute approximate surface area is 438 Å². The van der Waals surface area contributed by atoms with Crippen molar-refractivity contribution in [3.63, 3.8) is 0 Å². The van der Waals surface area contributed by atoms with Crippen molar-refractivity contribution in [3.05, 3.63) is 223 Å². The third-order valence-corrected chi connectivity index (χ3v) is 13.5. The molecule has 0 unspecified atom stereocenters. The number of aromatic nitrogens is 4. The Morgan fingerprint density at radius 1 is 0.556 bits per heavy atom. The van der Waals surface area contributed by atoms with Crippen LogP contribution in [-0.2, 0) is 38.3 Å². The summed E-state index contributed by atoms with van der Waals surface area (Å²) in [6.07, 6.45) is 6.80. The quantitative estimate of drug-likeness (QED) is 0.101. The molecule has 11 rings (SSSR count). The van der Waals surface area contributed by atoms with Crippen molar-refractivity contribution in [1.29, 1.82) is 0 Å². The van der Waals surface area contributed by atoms with Gasteiger partial charge in [0, 0.05) is 44.3 Å². The first-order valence-corrected chi connectivity index (χ1v) is 24.8. The molecule has 0 saturated heterocycles. The van der Waals surface area contributed by atoms with Crippen LogP contribution in [0.4, 0.5) is 0 Å². The molecule has 0 fully saturated rings. The molecule has 3 heterocycles. The Morgan fingerprint density at radius 2 is 1.21 bits per heavy atom. The van der Waals surface area contributed by atoms with E-state index in [0.717, 1.165) is 84.3 Å². The van der Waals surface area contributed by atoms with Gasteiger partial charge >= 0.3 is 0 Å². The molecule has 0 saturated carbocycles. The fourth-order valence-electron chi connectivity index (χ4n) is 9.88. The molecule has 0 aliphatic heterocycles. The molecule has 11 aromatic rings. The van der Waals surface area contributed by atoms with Crippen LogP contribution in [0.2, 0.25) is 0 Å². The first-order chi connectivity index (χ1) is 34.3. The van der Waals surface area contributed by atoms with Crippen LogP contribution in [0, 0.1) is 24.4 Å². The smallest absolute Gasteiger partial charge is 0.268 e. The minimum atomic E-state index is -0.0580. The van der Waals surface area contributed by atoms with Crippen LogP contribution in [0.25, 0.3) is 83.4 Å². The minimum absolute atomic E-state index is 0. The van der Waals surface area contributed by atoms with E-state index >= 15 is 0 Å². The number of ether oxygens (including phenoxy) is 1. The molecule has 360 valence electrons. The van der Waals surface area contributed by atoms with Gasteiger partial charge in [-0.3, -0.25) is 4.57 Å². The monoisotopic (exact) mass is 1120 g/mol. The molecule has 0 aliphatic rings. The van der Waals surface area contributed by atoms with Crippen LogP contribution < -0.4 is 9.30 Å². The third kappa shape index (κ3) is 9.35. The van der Waals surface area contributed by atoms with Crippen molar-refractivity contribution in [3.8, 4) is 62.1 Å². The maximum atomic E-state index is 6.76. The van der Waals surface area contributed by atoms with Crippen LogP contribution in [0.3, 0.4) is 0 Å². The maximum absolute atomic E-state index is 6.76. The third-order valence-electron chi connectivity index (χ3n) is 13.5. The Kier molecular flexibility index (Phi) is 13.0. The topological polar surface area (TPSA) is 35.9 Å². The molecule has 5 nitrogen and oxygen atoms in total. The molecule has 72 heavy (non-hydrogen) atoms. The van der Waals surface area contributed by atoms with E-state index < -0.39 is 0 Å². The summed E-state index contributed by atoms with van der Waals surface area (Å²) in [6, 6.07) is 72.2. The summed E-state index contributed by atoms with van der Waals surface area (Å²) in [5, 5.41) is 2.23. The van der Waals surface area contributed by atoms with Crippen LogP contribution >= 0.6 is 0 Å². The molecular formula is C66H58N4OPt-2. The van der Waals surface area contributed by atoms with Gasteiger partial charge in [0.15, 0.2) is 0 Å². The molecule has 0 aliphatic carbocycles. The van der Waals surface area contributed by atoms with Gasteiger partial charge in [-0.05, 0) is 109 Å². The number of para-hydroxylation sites is 2. The molecular weight excluding hydrogens is 1060 g/mol. The molecule has 0 spiro atoms. The Bertz CT molecular complexity index is 3730. The number of benzene rings is 8. The summed E-state index contributed by atoms with van der Waals surface area (Å²) in [5.41, 5.74) is 16.3. The van der Waals surface area contributed by atoms with Gasteiger partial charge in [0.25, 0.3) is 6.33 Å². The molecule has 6 heteroatoms. The maximum Gasteiger partial charge on any atom is 0.268 e. The number of pyridine rings is 1. The fraction of sp³-hybridized carbons (Fsp3) is 0.182. The molecule has 3 aromatic heterocycles. The van der Waals surface area contributed by atoms with E-state index in [1.54, 1.807) is 0 Å². The normalized spacial score (nSPS) is 12.0. The summed E-state index contributed by atoms with van der Waals surface area (Å²) in [7, 11) is 0. The molecule has 0 bridgehead atoms. The van der Waals surface area contributed by atoms with E-state index in [1.807, 2.05) is 24.4 Å². The van der Waals surface area contributed by atoms with Gasteiger partial charge in [-0.1, -0.05) is 188 Å². The van der Waals surface area contributed by atoms with E-state index in [-0.39, 0.29) is 31.9 Å². The second-order valence-corrected chi connectivity index (χ2v) is 21.3. The van der Waals surface area contributed by atoms with Crippen molar-refractivity contribution in [2.24, 2.45) is 5.92 Å². The molecule has 0 atom stereocenters.